The van der Waals surface area contributed by atoms with Crippen molar-refractivity contribution in [3.63, 3.8) is 0 Å². The van der Waals surface area contributed by atoms with Gasteiger partial charge in [0.15, 0.2) is 0 Å². The smallest absolute Gasteiger partial charge is 0.0616 e. The van der Waals surface area contributed by atoms with Gasteiger partial charge in [-0.25, -0.2) is 0 Å². The van der Waals surface area contributed by atoms with Crippen LogP contribution in [0, 0.1) is 19.3 Å². The van der Waals surface area contributed by atoms with Crippen LogP contribution in [-0.4, -0.2) is 5.04 Å². The third-order valence-corrected chi connectivity index (χ3v) is 3.18. The van der Waals surface area contributed by atoms with Crippen molar-refractivity contribution in [2.75, 3.05) is 0 Å². The van der Waals surface area contributed by atoms with Gasteiger partial charge in [0.25, 0.3) is 0 Å². The summed E-state index contributed by atoms with van der Waals surface area (Å²) in [6, 6.07) is 6.51. The fourth-order valence-corrected chi connectivity index (χ4v) is 2.53. The lowest BCUT2D eigenvalue weighted by Gasteiger charge is -2.13. The molecule has 0 saturated carbocycles. The molecule has 0 fully saturated rings. The van der Waals surface area contributed by atoms with Gasteiger partial charge in [-0.2, -0.15) is 0 Å². The van der Waals surface area contributed by atoms with Crippen molar-refractivity contribution in [3.05, 3.63) is 34.9 Å². The molecule has 0 aliphatic rings. The number of benzene rings is 1. The second-order valence-electron chi connectivity index (χ2n) is 3.68. The Kier molecular flexibility index (Phi) is 3.76. The summed E-state index contributed by atoms with van der Waals surface area (Å²) in [5, 5.41) is 8.51. The van der Waals surface area contributed by atoms with E-state index >= 15 is 0 Å². The summed E-state index contributed by atoms with van der Waals surface area (Å²) in [4.78, 5) is 0. The first-order valence-electron chi connectivity index (χ1n) is 4.79. The predicted octanol–water partition coefficient (Wildman–Crippen LogP) is 4.09. The van der Waals surface area contributed by atoms with Gasteiger partial charge in [0.1, 0.15) is 0 Å². The quantitative estimate of drug-likeness (QED) is 0.573. The van der Waals surface area contributed by atoms with Crippen molar-refractivity contribution in [1.29, 1.82) is 5.41 Å². The molecule has 0 heterocycles. The first kappa shape index (κ1) is 11.3. The lowest BCUT2D eigenvalue weighted by molar-refractivity contribution is 1.07. The molecule has 1 atom stereocenters. The molecule has 1 N–H and O–H groups in total. The van der Waals surface area contributed by atoms with Crippen molar-refractivity contribution in [2.24, 2.45) is 0 Å². The van der Waals surface area contributed by atoms with E-state index in [4.69, 9.17) is 5.41 Å². The summed E-state index contributed by atoms with van der Waals surface area (Å²) in [6.07, 6.45) is 0. The predicted molar refractivity (Wildman–Crippen MR) is 65.3 cm³/mol. The van der Waals surface area contributed by atoms with E-state index in [1.807, 2.05) is 6.92 Å². The monoisotopic (exact) mass is 207 g/mol. The summed E-state index contributed by atoms with van der Waals surface area (Å²) in [5.74, 6) is 0. The SMILES string of the molecule is CC(=N)SC(C)c1ccc(C)cc1C. The molecule has 0 saturated heterocycles. The van der Waals surface area contributed by atoms with Crippen molar-refractivity contribution in [1.82, 2.24) is 0 Å². The van der Waals surface area contributed by atoms with Gasteiger partial charge in [0.2, 0.25) is 0 Å². The molecular weight excluding hydrogens is 190 g/mol. The van der Waals surface area contributed by atoms with Crippen LogP contribution >= 0.6 is 11.8 Å². The summed E-state index contributed by atoms with van der Waals surface area (Å²) >= 11 is 1.61. The van der Waals surface area contributed by atoms with Gasteiger partial charge in [-0.05, 0) is 38.8 Å². The Hall–Kier alpha value is -0.760. The highest BCUT2D eigenvalue weighted by atomic mass is 32.2. The Bertz CT molecular complexity index is 344. The maximum absolute atomic E-state index is 7.45. The molecule has 0 amide bonds. The zero-order valence-electron chi connectivity index (χ0n) is 9.22. The van der Waals surface area contributed by atoms with Crippen molar-refractivity contribution in [2.45, 2.75) is 32.9 Å². The molecule has 2 heteroatoms. The minimum Gasteiger partial charge on any atom is -0.299 e. The van der Waals surface area contributed by atoms with E-state index in [-0.39, 0.29) is 0 Å². The van der Waals surface area contributed by atoms with Crippen molar-refractivity contribution < 1.29 is 0 Å². The number of hydrogen-bond acceptors (Lipinski definition) is 2. The molecule has 14 heavy (non-hydrogen) atoms. The summed E-state index contributed by atoms with van der Waals surface area (Å²) in [6.45, 7) is 8.24. The fourth-order valence-electron chi connectivity index (χ4n) is 1.61. The number of rotatable bonds is 2. The standard InChI is InChI=1S/C12H17NS/c1-8-5-6-12(9(2)7-8)10(3)14-11(4)13/h5-7,10,13H,1-4H3. The lowest BCUT2D eigenvalue weighted by atomic mass is 10.0. The average Bonchev–Trinajstić information content (AvgIpc) is 2.01. The van der Waals surface area contributed by atoms with Crippen LogP contribution in [0.1, 0.15) is 35.8 Å². The lowest BCUT2D eigenvalue weighted by Crippen LogP contribution is -1.95. The second kappa shape index (κ2) is 4.65. The van der Waals surface area contributed by atoms with E-state index in [1.54, 1.807) is 11.8 Å². The van der Waals surface area contributed by atoms with Crippen LogP contribution in [-0.2, 0) is 0 Å². The first-order valence-corrected chi connectivity index (χ1v) is 5.67. The minimum absolute atomic E-state index is 0.382. The van der Waals surface area contributed by atoms with E-state index < -0.39 is 0 Å². The Morgan fingerprint density at radius 3 is 2.50 bits per heavy atom. The van der Waals surface area contributed by atoms with Gasteiger partial charge in [0.05, 0.1) is 5.04 Å². The topological polar surface area (TPSA) is 23.9 Å². The van der Waals surface area contributed by atoms with Crippen LogP contribution in [0.25, 0.3) is 0 Å². The number of aryl methyl sites for hydroxylation is 2. The van der Waals surface area contributed by atoms with Gasteiger partial charge in [-0.1, -0.05) is 23.8 Å². The van der Waals surface area contributed by atoms with E-state index in [2.05, 4.69) is 39.0 Å². The highest BCUT2D eigenvalue weighted by Gasteiger charge is 2.09. The molecule has 0 bridgehead atoms. The first-order chi connectivity index (χ1) is 6.50. The highest BCUT2D eigenvalue weighted by molar-refractivity contribution is 8.13. The third-order valence-electron chi connectivity index (χ3n) is 2.22. The third kappa shape index (κ3) is 2.88. The van der Waals surface area contributed by atoms with E-state index in [0.717, 1.165) is 0 Å². The van der Waals surface area contributed by atoms with Crippen LogP contribution in [0.3, 0.4) is 0 Å². The maximum Gasteiger partial charge on any atom is 0.0616 e. The van der Waals surface area contributed by atoms with Gasteiger partial charge in [-0.3, -0.25) is 5.41 Å². The van der Waals surface area contributed by atoms with Gasteiger partial charge in [-0.15, -0.1) is 11.8 Å². The van der Waals surface area contributed by atoms with Crippen LogP contribution in [0.2, 0.25) is 0 Å². The number of thioether (sulfide) groups is 1. The fraction of sp³-hybridized carbons (Fsp3) is 0.417. The van der Waals surface area contributed by atoms with E-state index in [1.165, 1.54) is 16.7 Å². The summed E-state index contributed by atoms with van der Waals surface area (Å²) in [5.41, 5.74) is 3.97. The molecule has 1 unspecified atom stereocenters. The van der Waals surface area contributed by atoms with Gasteiger partial charge in [0, 0.05) is 5.25 Å². The zero-order valence-corrected chi connectivity index (χ0v) is 10.0. The Morgan fingerprint density at radius 1 is 1.36 bits per heavy atom. The van der Waals surface area contributed by atoms with Crippen LogP contribution in [0.15, 0.2) is 18.2 Å². The summed E-state index contributed by atoms with van der Waals surface area (Å²) in [7, 11) is 0. The highest BCUT2D eigenvalue weighted by Crippen LogP contribution is 2.31. The number of hydrogen-bond donors (Lipinski definition) is 1. The van der Waals surface area contributed by atoms with Crippen molar-refractivity contribution >= 4 is 16.8 Å². The Morgan fingerprint density at radius 2 is 2.00 bits per heavy atom. The zero-order chi connectivity index (χ0) is 10.7. The van der Waals surface area contributed by atoms with E-state index in [9.17, 15) is 0 Å². The van der Waals surface area contributed by atoms with Gasteiger partial charge >= 0.3 is 0 Å². The molecule has 0 aromatic heterocycles. The largest absolute Gasteiger partial charge is 0.299 e. The molecule has 0 aliphatic carbocycles. The summed E-state index contributed by atoms with van der Waals surface area (Å²) < 4.78 is 0. The molecule has 0 aliphatic heterocycles. The normalized spacial score (nSPS) is 12.6. The van der Waals surface area contributed by atoms with Gasteiger partial charge < -0.3 is 0 Å². The number of nitrogens with one attached hydrogen (secondary N) is 1. The molecule has 0 radical (unpaired) electrons. The van der Waals surface area contributed by atoms with Crippen LogP contribution < -0.4 is 0 Å². The molecule has 0 spiro atoms. The van der Waals surface area contributed by atoms with E-state index in [0.29, 0.717) is 10.3 Å². The molecular formula is C12H17NS. The maximum atomic E-state index is 7.45. The molecule has 1 aromatic carbocycles. The Labute approximate surface area is 90.4 Å². The second-order valence-corrected chi connectivity index (χ2v) is 5.23. The van der Waals surface area contributed by atoms with Crippen molar-refractivity contribution in [3.8, 4) is 0 Å². The van der Waals surface area contributed by atoms with Crippen LogP contribution in [0.5, 0.6) is 0 Å². The Balaban J connectivity index is 2.90. The average molecular weight is 207 g/mol. The molecule has 1 aromatic rings. The molecule has 1 nitrogen and oxygen atoms in total. The van der Waals surface area contributed by atoms with Crippen LogP contribution in [0.4, 0.5) is 0 Å². The molecule has 76 valence electrons. The minimum atomic E-state index is 0.382. The molecule has 1 rings (SSSR count).